The minimum Gasteiger partial charge on any atom is -0.496 e. The van der Waals surface area contributed by atoms with Gasteiger partial charge in [-0.05, 0) is 49.4 Å². The summed E-state index contributed by atoms with van der Waals surface area (Å²) in [5, 5.41) is 2.69. The van der Waals surface area contributed by atoms with Gasteiger partial charge in [-0.1, -0.05) is 0 Å². The van der Waals surface area contributed by atoms with E-state index in [1.165, 1.54) is 38.3 Å². The quantitative estimate of drug-likeness (QED) is 0.799. The maximum absolute atomic E-state index is 12.2. The van der Waals surface area contributed by atoms with E-state index in [0.717, 1.165) is 6.26 Å². The van der Waals surface area contributed by atoms with Crippen LogP contribution >= 0.6 is 0 Å². The molecule has 132 valence electrons. The van der Waals surface area contributed by atoms with Gasteiger partial charge in [-0.2, -0.15) is 0 Å². The van der Waals surface area contributed by atoms with Gasteiger partial charge in [-0.3, -0.25) is 9.59 Å². The van der Waals surface area contributed by atoms with E-state index in [1.54, 1.807) is 18.2 Å². The summed E-state index contributed by atoms with van der Waals surface area (Å²) in [7, 11) is -1.79. The number of hydrogen-bond donors (Lipinski definition) is 1. The normalized spacial score (nSPS) is 11.0. The number of rotatable bonds is 6. The second kappa shape index (κ2) is 7.48. The number of methoxy groups -OCH3 is 1. The number of nitrogens with one attached hydrogen (secondary N) is 1. The zero-order valence-corrected chi connectivity index (χ0v) is 15.0. The molecule has 2 aromatic rings. The maximum atomic E-state index is 12.2. The van der Waals surface area contributed by atoms with Crippen LogP contribution in [0.5, 0.6) is 5.75 Å². The Bertz CT molecular complexity index is 902. The molecule has 7 heteroatoms. The van der Waals surface area contributed by atoms with Gasteiger partial charge in [0.05, 0.1) is 18.4 Å². The fourth-order valence-corrected chi connectivity index (χ4v) is 2.93. The minimum absolute atomic E-state index is 0.0259. The monoisotopic (exact) mass is 361 g/mol. The van der Waals surface area contributed by atoms with Crippen molar-refractivity contribution in [1.29, 1.82) is 0 Å². The molecule has 25 heavy (non-hydrogen) atoms. The lowest BCUT2D eigenvalue weighted by atomic mass is 10.0. The van der Waals surface area contributed by atoms with Crippen molar-refractivity contribution in [2.45, 2.75) is 18.2 Å². The Kier molecular flexibility index (Phi) is 5.58. The molecule has 6 nitrogen and oxygen atoms in total. The van der Waals surface area contributed by atoms with Crippen LogP contribution in [0.15, 0.2) is 47.4 Å². The SMILES string of the molecule is COc1ccc(C(C)=O)cc1CC(=O)Nc1ccc(S(C)(=O)=O)cc1. The average Bonchev–Trinajstić information content (AvgIpc) is 2.54. The third-order valence-corrected chi connectivity index (χ3v) is 4.73. The van der Waals surface area contributed by atoms with Crippen LogP contribution in [0.3, 0.4) is 0 Å². The van der Waals surface area contributed by atoms with E-state index in [4.69, 9.17) is 4.74 Å². The fraction of sp³-hybridized carbons (Fsp3) is 0.222. The average molecular weight is 361 g/mol. The predicted molar refractivity (Wildman–Crippen MR) is 94.9 cm³/mol. The highest BCUT2D eigenvalue weighted by Gasteiger charge is 2.12. The third-order valence-electron chi connectivity index (χ3n) is 3.60. The second-order valence-electron chi connectivity index (χ2n) is 5.60. The van der Waals surface area contributed by atoms with Gasteiger partial charge in [0.2, 0.25) is 5.91 Å². The van der Waals surface area contributed by atoms with Crippen molar-refractivity contribution in [2.75, 3.05) is 18.7 Å². The minimum atomic E-state index is -3.28. The van der Waals surface area contributed by atoms with Crippen LogP contribution < -0.4 is 10.1 Å². The third kappa shape index (κ3) is 4.90. The van der Waals surface area contributed by atoms with Gasteiger partial charge in [0.25, 0.3) is 0 Å². The molecule has 0 aromatic heterocycles. The highest BCUT2D eigenvalue weighted by atomic mass is 32.2. The van der Waals surface area contributed by atoms with Gasteiger partial charge in [-0.25, -0.2) is 8.42 Å². The largest absolute Gasteiger partial charge is 0.496 e. The highest BCUT2D eigenvalue weighted by molar-refractivity contribution is 7.90. The standard InChI is InChI=1S/C18H19NO5S/c1-12(20)13-4-9-17(24-2)14(10-13)11-18(21)19-15-5-7-16(8-6-15)25(3,22)23/h4-10H,11H2,1-3H3,(H,19,21). The summed E-state index contributed by atoms with van der Waals surface area (Å²) in [6.07, 6.45) is 1.15. The number of carbonyl (C=O) groups is 2. The van der Waals surface area contributed by atoms with Crippen molar-refractivity contribution >= 4 is 27.2 Å². The molecule has 0 aliphatic rings. The summed E-state index contributed by atoms with van der Waals surface area (Å²) in [6.45, 7) is 1.45. The molecule has 0 atom stereocenters. The number of ketones is 1. The lowest BCUT2D eigenvalue weighted by Gasteiger charge is -2.11. The van der Waals surface area contributed by atoms with Crippen LogP contribution in [0, 0.1) is 0 Å². The highest BCUT2D eigenvalue weighted by Crippen LogP contribution is 2.22. The van der Waals surface area contributed by atoms with E-state index < -0.39 is 9.84 Å². The van der Waals surface area contributed by atoms with Crippen molar-refractivity contribution in [3.8, 4) is 5.75 Å². The molecule has 0 aliphatic carbocycles. The van der Waals surface area contributed by atoms with Gasteiger partial charge in [0, 0.05) is 23.1 Å². The van der Waals surface area contributed by atoms with Gasteiger partial charge in [-0.15, -0.1) is 0 Å². The Morgan fingerprint density at radius 2 is 1.72 bits per heavy atom. The Morgan fingerprint density at radius 3 is 2.24 bits per heavy atom. The van der Waals surface area contributed by atoms with Gasteiger partial charge in [0.1, 0.15) is 5.75 Å². The molecular formula is C18H19NO5S. The molecular weight excluding hydrogens is 342 g/mol. The first-order chi connectivity index (χ1) is 11.7. The summed E-state index contributed by atoms with van der Waals surface area (Å²) >= 11 is 0. The van der Waals surface area contributed by atoms with Crippen molar-refractivity contribution in [1.82, 2.24) is 0 Å². The Morgan fingerprint density at radius 1 is 1.08 bits per heavy atom. The van der Waals surface area contributed by atoms with Gasteiger partial charge < -0.3 is 10.1 Å². The van der Waals surface area contributed by atoms with E-state index in [1.807, 2.05) is 0 Å². The number of anilines is 1. The molecule has 0 bridgehead atoms. The summed E-state index contributed by atoms with van der Waals surface area (Å²) in [4.78, 5) is 23.9. The second-order valence-corrected chi connectivity index (χ2v) is 7.62. The van der Waals surface area contributed by atoms with E-state index in [2.05, 4.69) is 5.32 Å². The molecule has 0 aliphatic heterocycles. The summed E-state index contributed by atoms with van der Waals surface area (Å²) < 4.78 is 28.1. The molecule has 1 N–H and O–H groups in total. The lowest BCUT2D eigenvalue weighted by Crippen LogP contribution is -2.15. The summed E-state index contributed by atoms with van der Waals surface area (Å²) in [5.74, 6) is 0.124. The topological polar surface area (TPSA) is 89.5 Å². The molecule has 1 amide bonds. The predicted octanol–water partition coefficient (Wildman–Crippen LogP) is 2.48. The van der Waals surface area contributed by atoms with Gasteiger partial charge >= 0.3 is 0 Å². The first kappa shape index (κ1) is 18.7. The first-order valence-corrected chi connectivity index (χ1v) is 9.37. The fourth-order valence-electron chi connectivity index (χ4n) is 2.30. The van der Waals surface area contributed by atoms with E-state index in [-0.39, 0.29) is 23.0 Å². The molecule has 2 rings (SSSR count). The molecule has 0 saturated heterocycles. The maximum Gasteiger partial charge on any atom is 0.228 e. The number of carbonyl (C=O) groups excluding carboxylic acids is 2. The van der Waals surface area contributed by atoms with Crippen LogP contribution in [0.1, 0.15) is 22.8 Å². The van der Waals surface area contributed by atoms with Crippen LogP contribution in [-0.4, -0.2) is 33.5 Å². The van der Waals surface area contributed by atoms with Gasteiger partial charge in [0.15, 0.2) is 15.6 Å². The van der Waals surface area contributed by atoms with E-state index in [0.29, 0.717) is 22.6 Å². The van der Waals surface area contributed by atoms with Crippen LogP contribution in [-0.2, 0) is 21.1 Å². The Labute approximate surface area is 146 Å². The van der Waals surface area contributed by atoms with E-state index in [9.17, 15) is 18.0 Å². The van der Waals surface area contributed by atoms with Crippen molar-refractivity contribution in [3.63, 3.8) is 0 Å². The molecule has 0 spiro atoms. The van der Waals surface area contributed by atoms with Crippen LogP contribution in [0.25, 0.3) is 0 Å². The number of hydrogen-bond acceptors (Lipinski definition) is 5. The Hall–Kier alpha value is -2.67. The lowest BCUT2D eigenvalue weighted by molar-refractivity contribution is -0.115. The van der Waals surface area contributed by atoms with Crippen molar-refractivity contribution in [3.05, 3.63) is 53.6 Å². The number of amides is 1. The number of sulfone groups is 1. The number of Topliss-reactive ketones (excluding diaryl/α,β-unsaturated/α-hetero) is 1. The van der Waals surface area contributed by atoms with Crippen LogP contribution in [0.2, 0.25) is 0 Å². The zero-order valence-electron chi connectivity index (χ0n) is 14.2. The number of ether oxygens (including phenoxy) is 1. The molecule has 0 unspecified atom stereocenters. The zero-order chi connectivity index (χ0) is 18.6. The summed E-state index contributed by atoms with van der Waals surface area (Å²) in [5.41, 5.74) is 1.58. The smallest absolute Gasteiger partial charge is 0.228 e. The van der Waals surface area contributed by atoms with E-state index >= 15 is 0 Å². The summed E-state index contributed by atoms with van der Waals surface area (Å²) in [6, 6.07) is 10.8. The Balaban J connectivity index is 2.15. The number of benzene rings is 2. The molecule has 0 saturated carbocycles. The first-order valence-electron chi connectivity index (χ1n) is 7.48. The van der Waals surface area contributed by atoms with Crippen molar-refractivity contribution in [2.24, 2.45) is 0 Å². The molecule has 0 heterocycles. The van der Waals surface area contributed by atoms with Crippen molar-refractivity contribution < 1.29 is 22.7 Å². The molecule has 0 radical (unpaired) electrons. The molecule has 2 aromatic carbocycles. The van der Waals surface area contributed by atoms with Crippen LogP contribution in [0.4, 0.5) is 5.69 Å². The molecule has 0 fully saturated rings.